The first-order valence-corrected chi connectivity index (χ1v) is 8.29. The molecule has 1 N–H and O–H groups in total. The van der Waals surface area contributed by atoms with E-state index in [1.165, 1.54) is 0 Å². The minimum absolute atomic E-state index is 0.267. The summed E-state index contributed by atoms with van der Waals surface area (Å²) >= 11 is 1.60. The normalized spacial score (nSPS) is 12.0. The second-order valence-electron chi connectivity index (χ2n) is 5.37. The third kappa shape index (κ3) is 4.41. The van der Waals surface area contributed by atoms with Gasteiger partial charge in [0.05, 0.1) is 23.5 Å². The van der Waals surface area contributed by atoms with Gasteiger partial charge < -0.3 is 10.1 Å². The Kier molecular flexibility index (Phi) is 5.54. The summed E-state index contributed by atoms with van der Waals surface area (Å²) in [4.78, 5) is 25.1. The number of thiophene rings is 1. The number of anilines is 1. The molecule has 0 radical (unpaired) electrons. The molecule has 1 unspecified atom stereocenters. The van der Waals surface area contributed by atoms with Crippen LogP contribution in [0.25, 0.3) is 0 Å². The van der Waals surface area contributed by atoms with Gasteiger partial charge in [-0.15, -0.1) is 11.3 Å². The third-order valence-electron chi connectivity index (χ3n) is 3.59. The van der Waals surface area contributed by atoms with E-state index >= 15 is 0 Å². The molecule has 6 nitrogen and oxygen atoms in total. The van der Waals surface area contributed by atoms with Crippen molar-refractivity contribution in [3.05, 3.63) is 33.8 Å². The molecule has 0 fully saturated rings. The summed E-state index contributed by atoms with van der Waals surface area (Å²) in [5, 5.41) is 8.98. The number of hydrogen-bond acceptors (Lipinski definition) is 5. The number of hydrogen-bond donors (Lipinski definition) is 1. The van der Waals surface area contributed by atoms with Gasteiger partial charge in [0.1, 0.15) is 0 Å². The Bertz CT molecular complexity index is 692. The largest absolute Gasteiger partial charge is 0.453 e. The number of carbonyl (C=O) groups excluding carboxylic acids is 2. The zero-order valence-electron chi connectivity index (χ0n) is 13.8. The highest BCUT2D eigenvalue weighted by molar-refractivity contribution is 7.09. The zero-order chi connectivity index (χ0) is 17.0. The summed E-state index contributed by atoms with van der Waals surface area (Å²) < 4.78 is 6.89. The second-order valence-corrected chi connectivity index (χ2v) is 6.40. The van der Waals surface area contributed by atoms with Crippen LogP contribution < -0.4 is 5.32 Å². The van der Waals surface area contributed by atoms with Crippen molar-refractivity contribution in [2.75, 3.05) is 5.32 Å². The van der Waals surface area contributed by atoms with Crippen molar-refractivity contribution in [1.29, 1.82) is 0 Å². The molecule has 0 aliphatic rings. The van der Waals surface area contributed by atoms with E-state index in [-0.39, 0.29) is 18.3 Å². The van der Waals surface area contributed by atoms with E-state index in [1.807, 2.05) is 38.4 Å². The summed E-state index contributed by atoms with van der Waals surface area (Å²) in [6.07, 6.45) is 0.0548. The van der Waals surface area contributed by atoms with Crippen LogP contribution in [-0.2, 0) is 27.8 Å². The van der Waals surface area contributed by atoms with Crippen molar-refractivity contribution >= 4 is 28.9 Å². The van der Waals surface area contributed by atoms with Crippen LogP contribution in [0.4, 0.5) is 5.69 Å². The van der Waals surface area contributed by atoms with Gasteiger partial charge in [-0.25, -0.2) is 0 Å². The molecule has 2 rings (SSSR count). The van der Waals surface area contributed by atoms with E-state index in [0.29, 0.717) is 12.1 Å². The molecule has 0 aliphatic carbocycles. The molecule has 0 spiro atoms. The molecule has 0 saturated carbocycles. The maximum absolute atomic E-state index is 12.2. The summed E-state index contributed by atoms with van der Waals surface area (Å²) in [6, 6.07) is 3.92. The number of ether oxygens (including phenoxy) is 1. The van der Waals surface area contributed by atoms with Gasteiger partial charge >= 0.3 is 5.97 Å². The molecule has 0 aromatic carbocycles. The Balaban J connectivity index is 1.85. The maximum Gasteiger partial charge on any atom is 0.306 e. The first-order chi connectivity index (χ1) is 10.9. The van der Waals surface area contributed by atoms with Gasteiger partial charge in [-0.3, -0.25) is 14.3 Å². The maximum atomic E-state index is 12.2. The minimum Gasteiger partial charge on any atom is -0.453 e. The molecule has 0 bridgehead atoms. The van der Waals surface area contributed by atoms with Crippen LogP contribution in [0.1, 0.15) is 29.6 Å². The Hall–Kier alpha value is -2.15. The van der Waals surface area contributed by atoms with Crippen LogP contribution >= 0.6 is 11.3 Å². The highest BCUT2D eigenvalue weighted by Crippen LogP contribution is 2.19. The van der Waals surface area contributed by atoms with E-state index in [1.54, 1.807) is 22.9 Å². The van der Waals surface area contributed by atoms with Crippen LogP contribution in [0.5, 0.6) is 0 Å². The first-order valence-electron chi connectivity index (χ1n) is 7.41. The number of esters is 1. The van der Waals surface area contributed by atoms with Crippen molar-refractivity contribution in [2.24, 2.45) is 7.05 Å². The fraction of sp³-hybridized carbons (Fsp3) is 0.438. The number of nitrogens with zero attached hydrogens (tertiary/aromatic N) is 2. The molecule has 1 atom stereocenters. The lowest BCUT2D eigenvalue weighted by atomic mass is 10.2. The molecule has 2 heterocycles. The molecular weight excluding hydrogens is 314 g/mol. The lowest BCUT2D eigenvalue weighted by Gasteiger charge is -2.13. The number of aromatic nitrogens is 2. The Labute approximate surface area is 139 Å². The molecule has 1 amide bonds. The van der Waals surface area contributed by atoms with Gasteiger partial charge in [-0.05, 0) is 38.6 Å². The fourth-order valence-electron chi connectivity index (χ4n) is 2.17. The monoisotopic (exact) mass is 335 g/mol. The zero-order valence-corrected chi connectivity index (χ0v) is 14.6. The smallest absolute Gasteiger partial charge is 0.306 e. The average Bonchev–Trinajstić information content (AvgIpc) is 3.09. The number of carbonyl (C=O) groups is 2. The van der Waals surface area contributed by atoms with Crippen molar-refractivity contribution < 1.29 is 14.3 Å². The van der Waals surface area contributed by atoms with Crippen molar-refractivity contribution in [1.82, 2.24) is 9.78 Å². The number of nitrogens with one attached hydrogen (secondary N) is 1. The standard InChI is InChI=1S/C16H21N3O3S/c1-10-15(11(2)19(4)18-10)17-16(21)12(3)22-14(20)8-7-13-6-5-9-23-13/h5-6,9,12H,7-8H2,1-4H3,(H,17,21). The summed E-state index contributed by atoms with van der Waals surface area (Å²) in [6.45, 7) is 5.26. The lowest BCUT2D eigenvalue weighted by Crippen LogP contribution is -2.30. The highest BCUT2D eigenvalue weighted by atomic mass is 32.1. The van der Waals surface area contributed by atoms with Gasteiger partial charge in [-0.2, -0.15) is 5.10 Å². The van der Waals surface area contributed by atoms with E-state index in [4.69, 9.17) is 4.74 Å². The van der Waals surface area contributed by atoms with Gasteiger partial charge in [-0.1, -0.05) is 6.07 Å². The van der Waals surface area contributed by atoms with E-state index < -0.39 is 6.10 Å². The topological polar surface area (TPSA) is 73.2 Å². The molecule has 23 heavy (non-hydrogen) atoms. The summed E-state index contributed by atoms with van der Waals surface area (Å²) in [5.41, 5.74) is 2.25. The first kappa shape index (κ1) is 17.2. The highest BCUT2D eigenvalue weighted by Gasteiger charge is 2.20. The van der Waals surface area contributed by atoms with Crippen LogP contribution in [0.2, 0.25) is 0 Å². The molecule has 0 saturated heterocycles. The van der Waals surface area contributed by atoms with Crippen molar-refractivity contribution in [3.8, 4) is 0 Å². The van der Waals surface area contributed by atoms with Crippen LogP contribution in [-0.4, -0.2) is 27.8 Å². The quantitative estimate of drug-likeness (QED) is 0.824. The molecule has 0 aliphatic heterocycles. The average molecular weight is 335 g/mol. The molecular formula is C16H21N3O3S. The Morgan fingerprint density at radius 1 is 1.43 bits per heavy atom. The van der Waals surface area contributed by atoms with Crippen LogP contribution in [0, 0.1) is 13.8 Å². The Morgan fingerprint density at radius 2 is 2.17 bits per heavy atom. The van der Waals surface area contributed by atoms with Crippen molar-refractivity contribution in [3.63, 3.8) is 0 Å². The minimum atomic E-state index is -0.843. The SMILES string of the molecule is Cc1nn(C)c(C)c1NC(=O)C(C)OC(=O)CCc1cccs1. The molecule has 7 heteroatoms. The fourth-order valence-corrected chi connectivity index (χ4v) is 2.88. The predicted octanol–water partition coefficient (Wildman–Crippen LogP) is 2.60. The number of aryl methyl sites for hydroxylation is 3. The summed E-state index contributed by atoms with van der Waals surface area (Å²) in [5.74, 6) is -0.727. The summed E-state index contributed by atoms with van der Waals surface area (Å²) in [7, 11) is 1.81. The van der Waals surface area contributed by atoms with Gasteiger partial charge in [0, 0.05) is 11.9 Å². The van der Waals surface area contributed by atoms with Crippen LogP contribution in [0.3, 0.4) is 0 Å². The van der Waals surface area contributed by atoms with Gasteiger partial charge in [0.25, 0.3) is 5.91 Å². The van der Waals surface area contributed by atoms with Crippen LogP contribution in [0.15, 0.2) is 17.5 Å². The Morgan fingerprint density at radius 3 is 2.74 bits per heavy atom. The van der Waals surface area contributed by atoms with E-state index in [9.17, 15) is 9.59 Å². The van der Waals surface area contributed by atoms with Gasteiger partial charge in [0.15, 0.2) is 6.10 Å². The lowest BCUT2D eigenvalue weighted by molar-refractivity contribution is -0.153. The molecule has 124 valence electrons. The van der Waals surface area contributed by atoms with Crippen molar-refractivity contribution in [2.45, 2.75) is 39.7 Å². The number of amides is 1. The van der Waals surface area contributed by atoms with E-state index in [0.717, 1.165) is 16.3 Å². The second kappa shape index (κ2) is 7.41. The molecule has 2 aromatic heterocycles. The number of rotatable bonds is 6. The third-order valence-corrected chi connectivity index (χ3v) is 4.53. The van der Waals surface area contributed by atoms with E-state index in [2.05, 4.69) is 10.4 Å². The van der Waals surface area contributed by atoms with Gasteiger partial charge in [0.2, 0.25) is 0 Å². The molecule has 2 aromatic rings. The predicted molar refractivity (Wildman–Crippen MR) is 89.5 cm³/mol.